The topological polar surface area (TPSA) is 171 Å². The lowest BCUT2D eigenvalue weighted by atomic mass is 9.90. The summed E-state index contributed by atoms with van der Waals surface area (Å²) in [6, 6.07) is 13.1. The summed E-state index contributed by atoms with van der Waals surface area (Å²) < 4.78 is 56.8. The highest BCUT2D eigenvalue weighted by Gasteiger charge is 2.42. The Balaban J connectivity index is 1.02. The maximum Gasteiger partial charge on any atom is 0.573 e. The molecular formula is C48H54ClF3N8O7. The lowest BCUT2D eigenvalue weighted by molar-refractivity contribution is -0.274. The van der Waals surface area contributed by atoms with Crippen molar-refractivity contribution in [3.63, 3.8) is 0 Å². The quantitative estimate of drug-likeness (QED) is 0.130. The van der Waals surface area contributed by atoms with Crippen molar-refractivity contribution in [3.8, 4) is 16.9 Å². The fourth-order valence-corrected chi connectivity index (χ4v) is 9.63. The summed E-state index contributed by atoms with van der Waals surface area (Å²) >= 11 is 6.68. The Morgan fingerprint density at radius 2 is 1.73 bits per heavy atom. The van der Waals surface area contributed by atoms with Gasteiger partial charge in [0.25, 0.3) is 5.91 Å². The first-order valence-corrected chi connectivity index (χ1v) is 22.7. The molecule has 0 spiro atoms. The van der Waals surface area contributed by atoms with E-state index in [4.69, 9.17) is 26.1 Å². The van der Waals surface area contributed by atoms with Gasteiger partial charge in [0.15, 0.2) is 0 Å². The van der Waals surface area contributed by atoms with Gasteiger partial charge in [0.05, 0.1) is 40.5 Å². The highest BCUT2D eigenvalue weighted by molar-refractivity contribution is 6.34. The maximum atomic E-state index is 14.3. The number of methoxy groups -OCH3 is 1. The number of halogens is 4. The van der Waals surface area contributed by atoms with Crippen molar-refractivity contribution in [2.45, 2.75) is 78.4 Å². The number of rotatable bonds is 9. The minimum atomic E-state index is -5.08. The fraction of sp³-hybridized carbons (Fsp3) is 0.458. The number of likely N-dealkylation sites (tertiary alicyclic amines) is 1. The fourth-order valence-electron chi connectivity index (χ4n) is 9.42. The van der Waals surface area contributed by atoms with E-state index in [-0.39, 0.29) is 51.5 Å². The maximum absolute atomic E-state index is 14.3. The third-order valence-corrected chi connectivity index (χ3v) is 13.1. The zero-order valence-electron chi connectivity index (χ0n) is 38.1. The number of ether oxygens (including phenoxy) is 3. The standard InChI is InChI=1S/C48H54ClF3N8O7/c1-26-19-37(60(24-26)44(62)40(57-46(64)65-6)28-13-17-66-18-14-28)42-54-35-11-8-29-20-30(7-10-32(29)41(35)56-42)33-21-34(49)36(22-38(33)67-48(50,51)52)55-43(61)31-9-12-39(53-23-31)59-16-15-58(25-27(59)2)45(63)47(3,4)5/h7-12,20-23,26-28,37,40H,13-19,24-25H2,1-6H3,(H,54,56)(H,55,61)(H,57,64)/t26-,27+,37-,40-/m0/s1. The van der Waals surface area contributed by atoms with Crippen LogP contribution in [0.25, 0.3) is 32.9 Å². The number of hydrogen-bond donors (Lipinski definition) is 3. The van der Waals surface area contributed by atoms with Crippen LogP contribution in [0, 0.1) is 17.3 Å². The van der Waals surface area contributed by atoms with Crippen molar-refractivity contribution in [1.82, 2.24) is 30.1 Å². The van der Waals surface area contributed by atoms with Crippen molar-refractivity contribution < 1.29 is 46.6 Å². The number of alkyl halides is 3. The zero-order valence-corrected chi connectivity index (χ0v) is 38.9. The van der Waals surface area contributed by atoms with Gasteiger partial charge in [0, 0.05) is 74.1 Å². The number of hydrogen-bond acceptors (Lipinski definition) is 10. The summed E-state index contributed by atoms with van der Waals surface area (Å²) in [6.45, 7) is 12.8. The Morgan fingerprint density at radius 1 is 0.970 bits per heavy atom. The molecule has 3 saturated heterocycles. The van der Waals surface area contributed by atoms with Crippen LogP contribution in [0.15, 0.2) is 60.8 Å². The first-order chi connectivity index (χ1) is 31.8. The minimum absolute atomic E-state index is 0.0304. The smallest absolute Gasteiger partial charge is 0.453 e. The van der Waals surface area contributed by atoms with E-state index in [2.05, 4.69) is 37.2 Å². The molecular weight excluding hydrogens is 893 g/mol. The molecule has 2 aromatic heterocycles. The van der Waals surface area contributed by atoms with E-state index in [1.165, 1.54) is 19.4 Å². The van der Waals surface area contributed by atoms with Crippen molar-refractivity contribution in [1.29, 1.82) is 0 Å². The highest BCUT2D eigenvalue weighted by atomic mass is 35.5. The number of nitrogens with zero attached hydrogens (tertiary/aromatic N) is 5. The van der Waals surface area contributed by atoms with E-state index < -0.39 is 41.6 Å². The Bertz CT molecular complexity index is 2680. The SMILES string of the molecule is COC(=O)N[C@H](C(=O)N1C[C@@H](C)C[C@H]1c1nc2c(ccc3cc(-c4cc(Cl)c(NC(=O)c5ccc(N6CCN(C(=O)C(C)(C)C)C[C@H]6C)nc5)cc4OC(F)(F)F)ccc32)[nH]1)C1CCOCC1. The summed E-state index contributed by atoms with van der Waals surface area (Å²) in [4.78, 5) is 71.5. The van der Waals surface area contributed by atoms with Crippen LogP contribution in [0.1, 0.15) is 76.1 Å². The average Bonchev–Trinajstić information content (AvgIpc) is 3.92. The van der Waals surface area contributed by atoms with Crippen LogP contribution >= 0.6 is 11.6 Å². The number of fused-ring (bicyclic) bond motifs is 3. The van der Waals surface area contributed by atoms with Crippen molar-refractivity contribution in [3.05, 3.63) is 77.2 Å². The highest BCUT2D eigenvalue weighted by Crippen LogP contribution is 2.42. The lowest BCUT2D eigenvalue weighted by Crippen LogP contribution is -2.56. The number of amides is 4. The Labute approximate surface area is 390 Å². The van der Waals surface area contributed by atoms with E-state index in [9.17, 15) is 32.3 Å². The normalized spacial score (nSPS) is 20.0. The number of piperazine rings is 1. The summed E-state index contributed by atoms with van der Waals surface area (Å²) in [5, 5.41) is 6.73. The Morgan fingerprint density at radius 3 is 2.40 bits per heavy atom. The summed E-state index contributed by atoms with van der Waals surface area (Å²) in [5.41, 5.74) is 1.24. The number of benzene rings is 3. The summed E-state index contributed by atoms with van der Waals surface area (Å²) in [7, 11) is 1.26. The van der Waals surface area contributed by atoms with Gasteiger partial charge in [-0.15, -0.1) is 13.2 Å². The van der Waals surface area contributed by atoms with Crippen LogP contribution < -0.4 is 20.3 Å². The van der Waals surface area contributed by atoms with Gasteiger partial charge in [-0.2, -0.15) is 0 Å². The molecule has 5 heterocycles. The largest absolute Gasteiger partial charge is 0.573 e. The second kappa shape index (κ2) is 18.9. The van der Waals surface area contributed by atoms with E-state index in [0.29, 0.717) is 97.7 Å². The number of nitrogens with one attached hydrogen (secondary N) is 3. The molecule has 0 bridgehead atoms. The molecule has 3 aliphatic rings. The molecule has 3 N–H and O–H groups in total. The van der Waals surface area contributed by atoms with Crippen LogP contribution in [-0.4, -0.2) is 114 Å². The molecule has 0 saturated carbocycles. The molecule has 5 aromatic rings. The number of alkyl carbamates (subject to hydrolysis) is 1. The van der Waals surface area contributed by atoms with E-state index >= 15 is 0 Å². The number of anilines is 2. The molecule has 4 atom stereocenters. The lowest BCUT2D eigenvalue weighted by Gasteiger charge is -2.42. The van der Waals surface area contributed by atoms with Crippen LogP contribution in [0.2, 0.25) is 5.02 Å². The molecule has 3 aliphatic heterocycles. The molecule has 67 heavy (non-hydrogen) atoms. The van der Waals surface area contributed by atoms with E-state index in [1.54, 1.807) is 35.2 Å². The van der Waals surface area contributed by atoms with E-state index in [1.807, 2.05) is 44.7 Å². The summed E-state index contributed by atoms with van der Waals surface area (Å²) in [5.74, 6) is -0.171. The monoisotopic (exact) mass is 946 g/mol. The molecule has 4 amide bonds. The first-order valence-electron chi connectivity index (χ1n) is 22.4. The second-order valence-electron chi connectivity index (χ2n) is 18.7. The summed E-state index contributed by atoms with van der Waals surface area (Å²) in [6.07, 6.45) is -2.52. The molecule has 19 heteroatoms. The third-order valence-electron chi connectivity index (χ3n) is 12.8. The van der Waals surface area contributed by atoms with Gasteiger partial charge in [0.2, 0.25) is 11.8 Å². The minimum Gasteiger partial charge on any atom is -0.453 e. The molecule has 0 unspecified atom stereocenters. The van der Waals surface area contributed by atoms with Gasteiger partial charge in [-0.05, 0) is 79.3 Å². The number of H-pyrrole nitrogens is 1. The van der Waals surface area contributed by atoms with Crippen LogP contribution in [0.5, 0.6) is 5.75 Å². The molecule has 3 fully saturated rings. The van der Waals surface area contributed by atoms with Gasteiger partial charge in [0.1, 0.15) is 23.4 Å². The average molecular weight is 947 g/mol. The predicted molar refractivity (Wildman–Crippen MR) is 247 cm³/mol. The van der Waals surface area contributed by atoms with Crippen LogP contribution in [0.4, 0.5) is 29.5 Å². The zero-order chi connectivity index (χ0) is 47.9. The number of carbonyl (C=O) groups is 4. The first kappa shape index (κ1) is 47.4. The number of aromatic nitrogens is 3. The van der Waals surface area contributed by atoms with Crippen molar-refractivity contribution in [2.24, 2.45) is 17.3 Å². The van der Waals surface area contributed by atoms with Gasteiger partial charge in [-0.3, -0.25) is 14.4 Å². The van der Waals surface area contributed by atoms with Gasteiger partial charge in [-0.1, -0.05) is 57.5 Å². The third kappa shape index (κ3) is 10.2. The predicted octanol–water partition coefficient (Wildman–Crippen LogP) is 8.73. The molecule has 15 nitrogen and oxygen atoms in total. The Hall–Kier alpha value is -6.14. The molecule has 356 valence electrons. The van der Waals surface area contributed by atoms with E-state index in [0.717, 1.165) is 6.07 Å². The van der Waals surface area contributed by atoms with Gasteiger partial charge < -0.3 is 44.5 Å². The van der Waals surface area contributed by atoms with Crippen LogP contribution in [-0.2, 0) is 19.1 Å². The number of aromatic amines is 1. The molecule has 8 rings (SSSR count). The molecule has 0 radical (unpaired) electrons. The second-order valence-corrected chi connectivity index (χ2v) is 19.1. The molecule has 3 aromatic carbocycles. The van der Waals surface area contributed by atoms with Crippen molar-refractivity contribution >= 4 is 68.7 Å². The number of pyridine rings is 1. The van der Waals surface area contributed by atoms with Crippen LogP contribution in [0.3, 0.4) is 0 Å². The van der Waals surface area contributed by atoms with Gasteiger partial charge in [-0.25, -0.2) is 14.8 Å². The van der Waals surface area contributed by atoms with Crippen molar-refractivity contribution in [2.75, 3.05) is 56.7 Å². The number of imidazole rings is 1. The Kier molecular flexibility index (Phi) is 13.3. The molecule has 0 aliphatic carbocycles. The van der Waals surface area contributed by atoms with Gasteiger partial charge >= 0.3 is 12.5 Å². The number of carbonyl (C=O) groups excluding carboxylic acids is 4.